The van der Waals surface area contributed by atoms with Crippen LogP contribution in [0.25, 0.3) is 0 Å². The molecule has 2 amide bonds. The van der Waals surface area contributed by atoms with Crippen LogP contribution >= 0.6 is 0 Å². The lowest BCUT2D eigenvalue weighted by Crippen LogP contribution is -2.68. The Kier molecular flexibility index (Phi) is 4.00. The van der Waals surface area contributed by atoms with Crippen molar-refractivity contribution in [3.8, 4) is 0 Å². The van der Waals surface area contributed by atoms with E-state index in [1.54, 1.807) is 9.80 Å². The molecule has 0 bridgehead atoms. The van der Waals surface area contributed by atoms with Crippen LogP contribution in [0.1, 0.15) is 52.0 Å². The summed E-state index contributed by atoms with van der Waals surface area (Å²) < 4.78 is 10.8. The fraction of sp³-hybridized carbons (Fsp3) is 0.571. The summed E-state index contributed by atoms with van der Waals surface area (Å²) >= 11 is 0. The molecule has 0 aromatic heterocycles. The molecule has 3 aliphatic rings. The van der Waals surface area contributed by atoms with Crippen LogP contribution in [-0.4, -0.2) is 47.8 Å². The van der Waals surface area contributed by atoms with Gasteiger partial charge in [0.05, 0.1) is 12.8 Å². The highest BCUT2D eigenvalue weighted by atomic mass is 16.6. The fourth-order valence-electron chi connectivity index (χ4n) is 5.35. The molecule has 28 heavy (non-hydrogen) atoms. The summed E-state index contributed by atoms with van der Waals surface area (Å²) in [5, 5.41) is 0. The van der Waals surface area contributed by atoms with E-state index < -0.39 is 28.9 Å². The Morgan fingerprint density at radius 2 is 1.82 bits per heavy atom. The number of carbonyl (C=O) groups is 3. The van der Waals surface area contributed by atoms with Crippen LogP contribution in [0.15, 0.2) is 24.3 Å². The summed E-state index contributed by atoms with van der Waals surface area (Å²) in [7, 11) is 1.34. The summed E-state index contributed by atoms with van der Waals surface area (Å²) in [6, 6.07) is 7.59. The normalized spacial score (nSPS) is 28.5. The van der Waals surface area contributed by atoms with Gasteiger partial charge in [-0.1, -0.05) is 18.2 Å². The second kappa shape index (κ2) is 5.96. The molecule has 1 saturated heterocycles. The Bertz CT molecular complexity index is 861. The number of rotatable bonds is 0. The van der Waals surface area contributed by atoms with E-state index in [2.05, 4.69) is 0 Å². The smallest absolute Gasteiger partial charge is 0.415 e. The summed E-state index contributed by atoms with van der Waals surface area (Å²) in [5.41, 5.74) is -0.647. The third-order valence-electron chi connectivity index (χ3n) is 6.23. The monoisotopic (exact) mass is 386 g/mol. The van der Waals surface area contributed by atoms with Crippen LogP contribution in [0.4, 0.5) is 15.3 Å². The number of hydrogen-bond donors (Lipinski definition) is 0. The van der Waals surface area contributed by atoms with Crippen molar-refractivity contribution in [3.63, 3.8) is 0 Å². The van der Waals surface area contributed by atoms with Gasteiger partial charge < -0.3 is 9.47 Å². The highest BCUT2D eigenvalue weighted by molar-refractivity contribution is 5.98. The first-order valence-corrected chi connectivity index (χ1v) is 9.66. The van der Waals surface area contributed by atoms with Crippen LogP contribution in [0.5, 0.6) is 0 Å². The standard InChI is InChI=1S/C21H26N2O5/c1-19(2,3)28-17(25)22-12-11-20-13-14(24)9-10-21(20,22)23(18(26)27-4)16-8-6-5-7-15(16)20/h5-8H,9-13H2,1-4H3/t20-,21-/m1/s1. The van der Waals surface area contributed by atoms with Crippen LogP contribution in [0, 0.1) is 0 Å². The summed E-state index contributed by atoms with van der Waals surface area (Å²) in [6.45, 7) is 5.87. The molecule has 0 unspecified atom stereocenters. The van der Waals surface area contributed by atoms with Gasteiger partial charge in [0.15, 0.2) is 0 Å². The van der Waals surface area contributed by atoms with Gasteiger partial charge in [0.1, 0.15) is 17.0 Å². The average molecular weight is 386 g/mol. The third kappa shape index (κ3) is 2.31. The predicted molar refractivity (Wildman–Crippen MR) is 102 cm³/mol. The van der Waals surface area contributed by atoms with Crippen molar-refractivity contribution < 1.29 is 23.9 Å². The molecule has 1 aliphatic carbocycles. The van der Waals surface area contributed by atoms with Crippen LogP contribution in [0.2, 0.25) is 0 Å². The molecular weight excluding hydrogens is 360 g/mol. The van der Waals surface area contributed by atoms with Gasteiger partial charge in [0.25, 0.3) is 0 Å². The number of benzene rings is 1. The molecule has 0 spiro atoms. The average Bonchev–Trinajstić information content (AvgIpc) is 3.08. The maximum Gasteiger partial charge on any atom is 0.415 e. The molecule has 1 saturated carbocycles. The highest BCUT2D eigenvalue weighted by Crippen LogP contribution is 2.64. The minimum atomic E-state index is -0.986. The quantitative estimate of drug-likeness (QED) is 0.681. The largest absolute Gasteiger partial charge is 0.452 e. The number of Topliss-reactive ketones (excluding diaryl/α,β-unsaturated/α-hetero) is 1. The van der Waals surface area contributed by atoms with Crippen molar-refractivity contribution in [2.75, 3.05) is 18.6 Å². The van der Waals surface area contributed by atoms with Gasteiger partial charge in [-0.2, -0.15) is 0 Å². The molecule has 0 N–H and O–H groups in total. The third-order valence-corrected chi connectivity index (χ3v) is 6.23. The number of para-hydroxylation sites is 1. The van der Waals surface area contributed by atoms with E-state index in [9.17, 15) is 14.4 Å². The zero-order chi connectivity index (χ0) is 20.3. The first-order chi connectivity index (χ1) is 13.2. The number of likely N-dealkylation sites (tertiary alicyclic amines) is 1. The number of methoxy groups -OCH3 is 1. The minimum Gasteiger partial charge on any atom is -0.452 e. The van der Waals surface area contributed by atoms with Crippen molar-refractivity contribution in [1.29, 1.82) is 0 Å². The van der Waals surface area contributed by atoms with E-state index in [0.717, 1.165) is 5.56 Å². The number of anilines is 1. The first kappa shape index (κ1) is 18.8. The number of nitrogens with zero attached hydrogens (tertiary/aromatic N) is 2. The SMILES string of the molecule is COC(=O)N1c2ccccc2[C@]23CCN(C(=O)OC(C)(C)C)[C@]12CCC(=O)C3. The van der Waals surface area contributed by atoms with Crippen LogP contribution in [0.3, 0.4) is 0 Å². The van der Waals surface area contributed by atoms with Gasteiger partial charge in [-0.3, -0.25) is 14.6 Å². The molecule has 2 aliphatic heterocycles. The lowest BCUT2D eigenvalue weighted by molar-refractivity contribution is -0.125. The van der Waals surface area contributed by atoms with Gasteiger partial charge in [0.2, 0.25) is 0 Å². The highest BCUT2D eigenvalue weighted by Gasteiger charge is 2.72. The molecule has 2 fully saturated rings. The van der Waals surface area contributed by atoms with Crippen molar-refractivity contribution in [2.24, 2.45) is 0 Å². The predicted octanol–water partition coefficient (Wildman–Crippen LogP) is 3.60. The summed E-state index contributed by atoms with van der Waals surface area (Å²) in [4.78, 5) is 41.9. The number of carbonyl (C=O) groups excluding carboxylic acids is 3. The summed E-state index contributed by atoms with van der Waals surface area (Å²) in [6.07, 6.45) is 0.584. The Hall–Kier alpha value is -2.57. The van der Waals surface area contributed by atoms with E-state index in [1.807, 2.05) is 45.0 Å². The van der Waals surface area contributed by atoms with Crippen molar-refractivity contribution >= 4 is 23.7 Å². The topological polar surface area (TPSA) is 76.2 Å². The Balaban J connectivity index is 1.92. The number of amides is 2. The van der Waals surface area contributed by atoms with E-state index >= 15 is 0 Å². The number of ether oxygens (including phenoxy) is 2. The van der Waals surface area contributed by atoms with Crippen LogP contribution < -0.4 is 4.90 Å². The lowest BCUT2D eigenvalue weighted by atomic mass is 9.64. The Morgan fingerprint density at radius 1 is 1.11 bits per heavy atom. The molecule has 7 nitrogen and oxygen atoms in total. The zero-order valence-electron chi connectivity index (χ0n) is 16.8. The van der Waals surface area contributed by atoms with Gasteiger partial charge >= 0.3 is 12.2 Å². The molecular formula is C21H26N2O5. The molecule has 1 aromatic carbocycles. The zero-order valence-corrected chi connectivity index (χ0v) is 16.8. The van der Waals surface area contributed by atoms with Crippen LogP contribution in [-0.2, 0) is 19.7 Å². The van der Waals surface area contributed by atoms with E-state index in [-0.39, 0.29) is 5.78 Å². The molecule has 1 aromatic rings. The fourth-order valence-corrected chi connectivity index (χ4v) is 5.35. The van der Waals surface area contributed by atoms with E-state index in [0.29, 0.717) is 37.9 Å². The van der Waals surface area contributed by atoms with Gasteiger partial charge in [-0.15, -0.1) is 0 Å². The van der Waals surface area contributed by atoms with E-state index in [1.165, 1.54) is 7.11 Å². The molecule has 7 heteroatoms. The maximum atomic E-state index is 13.2. The number of fused-ring (bicyclic) bond motifs is 1. The second-order valence-electron chi connectivity index (χ2n) is 8.82. The van der Waals surface area contributed by atoms with Gasteiger partial charge in [0, 0.05) is 24.8 Å². The van der Waals surface area contributed by atoms with Crippen molar-refractivity contribution in [2.45, 2.75) is 63.1 Å². The molecule has 4 rings (SSSR count). The number of ketones is 1. The molecule has 150 valence electrons. The van der Waals surface area contributed by atoms with Gasteiger partial charge in [-0.05, 0) is 45.2 Å². The molecule has 2 heterocycles. The number of hydrogen-bond acceptors (Lipinski definition) is 5. The van der Waals surface area contributed by atoms with Crippen molar-refractivity contribution in [3.05, 3.63) is 29.8 Å². The molecule has 2 atom stereocenters. The second-order valence-corrected chi connectivity index (χ2v) is 8.82. The van der Waals surface area contributed by atoms with Crippen molar-refractivity contribution in [1.82, 2.24) is 4.90 Å². The summed E-state index contributed by atoms with van der Waals surface area (Å²) in [5.74, 6) is 0.156. The first-order valence-electron chi connectivity index (χ1n) is 9.66. The van der Waals surface area contributed by atoms with E-state index in [4.69, 9.17) is 9.47 Å². The Morgan fingerprint density at radius 3 is 2.50 bits per heavy atom. The maximum absolute atomic E-state index is 13.2. The molecule has 0 radical (unpaired) electrons. The Labute approximate surface area is 164 Å². The van der Waals surface area contributed by atoms with Gasteiger partial charge in [-0.25, -0.2) is 9.59 Å². The lowest BCUT2D eigenvalue weighted by Gasteiger charge is -2.51. The minimum absolute atomic E-state index is 0.156.